The third-order valence-corrected chi connectivity index (χ3v) is 3.67. The number of nitrogens with zero attached hydrogens (tertiary/aromatic N) is 1. The van der Waals surface area contributed by atoms with Crippen LogP contribution in [-0.2, 0) is 0 Å². The molecule has 5 nitrogen and oxygen atoms in total. The lowest BCUT2D eigenvalue weighted by atomic mass is 10.1. The molecule has 114 valence electrons. The zero-order valence-electron chi connectivity index (χ0n) is 12.7. The minimum absolute atomic E-state index is 0.00542. The first kappa shape index (κ1) is 15.5. The van der Waals surface area contributed by atoms with Crippen molar-refractivity contribution >= 4 is 11.8 Å². The Morgan fingerprint density at radius 1 is 1.38 bits per heavy atom. The van der Waals surface area contributed by atoms with Gasteiger partial charge in [-0.2, -0.15) is 0 Å². The van der Waals surface area contributed by atoms with E-state index in [-0.39, 0.29) is 17.9 Å². The van der Waals surface area contributed by atoms with Crippen molar-refractivity contribution in [1.29, 1.82) is 0 Å². The Hall–Kier alpha value is -1.88. The van der Waals surface area contributed by atoms with Crippen molar-refractivity contribution < 1.29 is 9.59 Å². The number of carbonyl (C=O) groups excluding carboxylic acids is 2. The van der Waals surface area contributed by atoms with Crippen molar-refractivity contribution in [3.8, 4) is 0 Å². The Morgan fingerprint density at radius 3 is 2.86 bits per heavy atom. The molecule has 1 aliphatic heterocycles. The molecule has 0 unspecified atom stereocenters. The Labute approximate surface area is 125 Å². The molecule has 1 fully saturated rings. The highest BCUT2D eigenvalue weighted by molar-refractivity contribution is 5.99. The fourth-order valence-electron chi connectivity index (χ4n) is 2.44. The second kappa shape index (κ2) is 7.22. The van der Waals surface area contributed by atoms with Crippen LogP contribution in [0.15, 0.2) is 24.3 Å². The summed E-state index contributed by atoms with van der Waals surface area (Å²) in [6.45, 7) is 7.00. The fourth-order valence-corrected chi connectivity index (χ4v) is 2.44. The predicted octanol–water partition coefficient (Wildman–Crippen LogP) is 1.26. The maximum absolute atomic E-state index is 12.6. The molecule has 21 heavy (non-hydrogen) atoms. The highest BCUT2D eigenvalue weighted by atomic mass is 16.2. The largest absolute Gasteiger partial charge is 0.352 e. The number of hydrogen-bond acceptors (Lipinski definition) is 3. The number of rotatable bonds is 4. The fraction of sp³-hybridized carbons (Fsp3) is 0.500. The molecule has 1 aliphatic rings. The average molecular weight is 289 g/mol. The van der Waals surface area contributed by atoms with Crippen molar-refractivity contribution in [3.63, 3.8) is 0 Å². The number of carbonyl (C=O) groups is 2. The van der Waals surface area contributed by atoms with Gasteiger partial charge in [0.05, 0.1) is 0 Å². The topological polar surface area (TPSA) is 61.4 Å². The van der Waals surface area contributed by atoms with Gasteiger partial charge in [0.15, 0.2) is 0 Å². The van der Waals surface area contributed by atoms with E-state index in [1.165, 1.54) is 0 Å². The van der Waals surface area contributed by atoms with Gasteiger partial charge in [-0.1, -0.05) is 13.0 Å². The SMILES string of the molecule is CCCNC(=O)c1cccc(C(=O)N2CCNC[C@H]2C)c1. The van der Waals surface area contributed by atoms with Gasteiger partial charge in [-0.3, -0.25) is 9.59 Å². The van der Waals surface area contributed by atoms with Gasteiger partial charge in [0, 0.05) is 43.3 Å². The lowest BCUT2D eigenvalue weighted by molar-refractivity contribution is 0.0656. The highest BCUT2D eigenvalue weighted by Gasteiger charge is 2.24. The zero-order chi connectivity index (χ0) is 15.2. The van der Waals surface area contributed by atoms with E-state index < -0.39 is 0 Å². The van der Waals surface area contributed by atoms with Gasteiger partial charge < -0.3 is 15.5 Å². The molecule has 0 saturated carbocycles. The van der Waals surface area contributed by atoms with Crippen LogP contribution in [0.3, 0.4) is 0 Å². The van der Waals surface area contributed by atoms with E-state index in [1.807, 2.05) is 18.7 Å². The first-order valence-electron chi connectivity index (χ1n) is 7.53. The van der Waals surface area contributed by atoms with E-state index in [1.54, 1.807) is 24.3 Å². The molecule has 2 rings (SSSR count). The smallest absolute Gasteiger partial charge is 0.254 e. The third-order valence-electron chi connectivity index (χ3n) is 3.67. The molecule has 2 N–H and O–H groups in total. The Balaban J connectivity index is 2.12. The lowest BCUT2D eigenvalue weighted by Gasteiger charge is -2.34. The minimum Gasteiger partial charge on any atom is -0.352 e. The molecular weight excluding hydrogens is 266 g/mol. The molecule has 2 amide bonds. The van der Waals surface area contributed by atoms with Crippen molar-refractivity contribution in [1.82, 2.24) is 15.5 Å². The summed E-state index contributed by atoms with van der Waals surface area (Å²) in [6.07, 6.45) is 0.892. The molecule has 0 spiro atoms. The van der Waals surface area contributed by atoms with Crippen LogP contribution in [0.1, 0.15) is 41.0 Å². The van der Waals surface area contributed by atoms with E-state index in [2.05, 4.69) is 10.6 Å². The maximum atomic E-state index is 12.6. The lowest BCUT2D eigenvalue weighted by Crippen LogP contribution is -2.52. The van der Waals surface area contributed by atoms with Crippen molar-refractivity contribution in [2.24, 2.45) is 0 Å². The number of hydrogen-bond donors (Lipinski definition) is 2. The van der Waals surface area contributed by atoms with E-state index in [0.717, 1.165) is 19.5 Å². The molecule has 1 saturated heterocycles. The summed E-state index contributed by atoms with van der Waals surface area (Å²) in [4.78, 5) is 26.4. The van der Waals surface area contributed by atoms with Crippen molar-refractivity contribution in [2.45, 2.75) is 26.3 Å². The monoisotopic (exact) mass is 289 g/mol. The number of benzene rings is 1. The van der Waals surface area contributed by atoms with Crippen LogP contribution >= 0.6 is 0 Å². The molecule has 1 atom stereocenters. The summed E-state index contributed by atoms with van der Waals surface area (Å²) in [5, 5.41) is 6.09. The van der Waals surface area contributed by atoms with E-state index in [9.17, 15) is 9.59 Å². The summed E-state index contributed by atoms with van der Waals surface area (Å²) in [6, 6.07) is 7.13. The van der Waals surface area contributed by atoms with Crippen LogP contribution in [0.5, 0.6) is 0 Å². The summed E-state index contributed by atoms with van der Waals surface area (Å²) in [7, 11) is 0. The minimum atomic E-state index is -0.125. The van der Waals surface area contributed by atoms with Crippen LogP contribution in [0.2, 0.25) is 0 Å². The third kappa shape index (κ3) is 3.82. The van der Waals surface area contributed by atoms with Gasteiger partial charge in [0.2, 0.25) is 0 Å². The Morgan fingerprint density at radius 2 is 2.14 bits per heavy atom. The first-order chi connectivity index (χ1) is 10.1. The van der Waals surface area contributed by atoms with E-state index >= 15 is 0 Å². The highest BCUT2D eigenvalue weighted by Crippen LogP contribution is 2.12. The number of nitrogens with one attached hydrogen (secondary N) is 2. The van der Waals surface area contributed by atoms with E-state index in [0.29, 0.717) is 24.2 Å². The van der Waals surface area contributed by atoms with Crippen LogP contribution in [0.25, 0.3) is 0 Å². The second-order valence-corrected chi connectivity index (χ2v) is 5.39. The Bertz CT molecular complexity index is 516. The maximum Gasteiger partial charge on any atom is 0.254 e. The molecule has 0 bridgehead atoms. The van der Waals surface area contributed by atoms with Gasteiger partial charge in [0.1, 0.15) is 0 Å². The van der Waals surface area contributed by atoms with Gasteiger partial charge in [-0.05, 0) is 31.5 Å². The van der Waals surface area contributed by atoms with Gasteiger partial charge in [-0.15, -0.1) is 0 Å². The molecular formula is C16H23N3O2. The normalized spacial score (nSPS) is 18.4. The molecule has 0 aliphatic carbocycles. The van der Waals surface area contributed by atoms with Crippen LogP contribution in [0, 0.1) is 0 Å². The van der Waals surface area contributed by atoms with Crippen LogP contribution < -0.4 is 10.6 Å². The van der Waals surface area contributed by atoms with Crippen LogP contribution in [-0.4, -0.2) is 48.9 Å². The molecule has 1 heterocycles. The number of amides is 2. The zero-order valence-corrected chi connectivity index (χ0v) is 12.7. The molecule has 1 aromatic carbocycles. The quantitative estimate of drug-likeness (QED) is 0.877. The van der Waals surface area contributed by atoms with Crippen molar-refractivity contribution in [2.75, 3.05) is 26.2 Å². The first-order valence-corrected chi connectivity index (χ1v) is 7.53. The summed E-state index contributed by atoms with van der Waals surface area (Å²) >= 11 is 0. The van der Waals surface area contributed by atoms with Crippen LogP contribution in [0.4, 0.5) is 0 Å². The predicted molar refractivity (Wildman–Crippen MR) is 82.4 cm³/mol. The summed E-state index contributed by atoms with van der Waals surface area (Å²) < 4.78 is 0. The molecule has 1 aromatic rings. The average Bonchev–Trinajstić information content (AvgIpc) is 2.52. The van der Waals surface area contributed by atoms with Crippen molar-refractivity contribution in [3.05, 3.63) is 35.4 Å². The van der Waals surface area contributed by atoms with Gasteiger partial charge in [0.25, 0.3) is 11.8 Å². The van der Waals surface area contributed by atoms with Gasteiger partial charge >= 0.3 is 0 Å². The molecule has 0 radical (unpaired) electrons. The molecule has 5 heteroatoms. The number of piperazine rings is 1. The summed E-state index contributed by atoms with van der Waals surface area (Å²) in [5.74, 6) is -0.131. The van der Waals surface area contributed by atoms with Gasteiger partial charge in [-0.25, -0.2) is 0 Å². The summed E-state index contributed by atoms with van der Waals surface area (Å²) in [5.41, 5.74) is 1.12. The second-order valence-electron chi connectivity index (χ2n) is 5.39. The molecule has 0 aromatic heterocycles. The standard InChI is InChI=1S/C16H23N3O2/c1-3-7-18-15(20)13-5-4-6-14(10-13)16(21)19-9-8-17-11-12(19)2/h4-6,10,12,17H,3,7-9,11H2,1-2H3,(H,18,20)/t12-/m1/s1. The van der Waals surface area contributed by atoms with E-state index in [4.69, 9.17) is 0 Å². The Kier molecular flexibility index (Phi) is 5.33.